The van der Waals surface area contributed by atoms with E-state index in [0.29, 0.717) is 0 Å². The van der Waals surface area contributed by atoms with E-state index in [0.717, 1.165) is 12.1 Å². The van der Waals surface area contributed by atoms with Gasteiger partial charge in [0.25, 0.3) is 10.1 Å². The van der Waals surface area contributed by atoms with Gasteiger partial charge in [0.1, 0.15) is 0 Å². The van der Waals surface area contributed by atoms with Crippen molar-refractivity contribution >= 4 is 37.4 Å². The van der Waals surface area contributed by atoms with Gasteiger partial charge in [-0.05, 0) is 18.2 Å². The van der Waals surface area contributed by atoms with Crippen molar-refractivity contribution in [2.45, 2.75) is 11.3 Å². The molecule has 22 heavy (non-hydrogen) atoms. The Kier molecular flexibility index (Phi) is 4.17. The maximum absolute atomic E-state index is 12.0. The zero-order valence-electron chi connectivity index (χ0n) is 11.3. The number of sulfonamides is 1. The van der Waals surface area contributed by atoms with Gasteiger partial charge in [0.2, 0.25) is 15.9 Å². The van der Waals surface area contributed by atoms with Crippen molar-refractivity contribution in [3.8, 4) is 0 Å². The molecule has 1 heterocycles. The molecule has 1 saturated heterocycles. The monoisotopic (exact) mass is 349 g/mol. The largest absolute Gasteiger partial charge is 0.397 e. The minimum atomic E-state index is -4.44. The molecule has 11 heteroatoms. The summed E-state index contributed by atoms with van der Waals surface area (Å²) in [6.07, 6.45) is -0.0357. The maximum Gasteiger partial charge on any atom is 0.294 e. The van der Waals surface area contributed by atoms with E-state index >= 15 is 0 Å². The van der Waals surface area contributed by atoms with Gasteiger partial charge in [-0.15, -0.1) is 0 Å². The van der Waals surface area contributed by atoms with Crippen molar-refractivity contribution < 1.29 is 26.2 Å². The SMILES string of the molecule is Nc1ccc(S(=O)(=O)O)cc1N1CC(CS(N)(=O)=O)CC1=O. The number of carbonyl (C=O) groups excluding carboxylic acids is 1. The average molecular weight is 349 g/mol. The highest BCUT2D eigenvalue weighted by Crippen LogP contribution is 2.32. The zero-order valence-corrected chi connectivity index (χ0v) is 13.0. The molecule has 5 N–H and O–H groups in total. The van der Waals surface area contributed by atoms with E-state index in [2.05, 4.69) is 0 Å². The van der Waals surface area contributed by atoms with Gasteiger partial charge in [0.15, 0.2) is 0 Å². The van der Waals surface area contributed by atoms with E-state index in [4.69, 9.17) is 15.4 Å². The molecule has 0 aliphatic carbocycles. The molecule has 1 aliphatic rings. The molecule has 1 unspecified atom stereocenters. The summed E-state index contributed by atoms with van der Waals surface area (Å²) in [5.41, 5.74) is 5.98. The van der Waals surface area contributed by atoms with Crippen LogP contribution in [0.3, 0.4) is 0 Å². The van der Waals surface area contributed by atoms with Gasteiger partial charge in [-0.1, -0.05) is 0 Å². The van der Waals surface area contributed by atoms with Crippen molar-refractivity contribution in [1.29, 1.82) is 0 Å². The molecule has 1 atom stereocenters. The number of rotatable bonds is 4. The lowest BCUT2D eigenvalue weighted by Gasteiger charge is -2.19. The van der Waals surface area contributed by atoms with Crippen LogP contribution in [0.15, 0.2) is 23.1 Å². The molecule has 0 radical (unpaired) electrons. The number of primary sulfonamides is 1. The fourth-order valence-electron chi connectivity index (χ4n) is 2.37. The lowest BCUT2D eigenvalue weighted by Crippen LogP contribution is -2.28. The lowest BCUT2D eigenvalue weighted by atomic mass is 10.1. The summed E-state index contributed by atoms with van der Waals surface area (Å²) in [7, 11) is -8.16. The van der Waals surface area contributed by atoms with Crippen LogP contribution >= 0.6 is 0 Å². The average Bonchev–Trinajstić information content (AvgIpc) is 2.66. The van der Waals surface area contributed by atoms with Crippen LogP contribution in [-0.4, -0.2) is 39.6 Å². The first-order valence-electron chi connectivity index (χ1n) is 6.15. The van der Waals surface area contributed by atoms with Crippen molar-refractivity contribution in [2.75, 3.05) is 22.9 Å². The van der Waals surface area contributed by atoms with Crippen LogP contribution in [-0.2, 0) is 24.9 Å². The second-order valence-corrected chi connectivity index (χ2v) is 8.18. The molecule has 0 saturated carbocycles. The fraction of sp³-hybridized carbons (Fsp3) is 0.364. The van der Waals surface area contributed by atoms with Gasteiger partial charge in [-0.25, -0.2) is 13.6 Å². The molecule has 1 amide bonds. The van der Waals surface area contributed by atoms with E-state index in [1.807, 2.05) is 0 Å². The first-order valence-corrected chi connectivity index (χ1v) is 9.31. The Balaban J connectivity index is 2.34. The van der Waals surface area contributed by atoms with Gasteiger partial charge in [-0.3, -0.25) is 9.35 Å². The molecule has 122 valence electrons. The Bertz CT molecular complexity index is 818. The molecule has 1 aromatic rings. The Morgan fingerprint density at radius 3 is 2.45 bits per heavy atom. The molecule has 0 aromatic heterocycles. The van der Waals surface area contributed by atoms with Crippen molar-refractivity contribution in [3.63, 3.8) is 0 Å². The van der Waals surface area contributed by atoms with Crippen molar-refractivity contribution in [2.24, 2.45) is 11.1 Å². The second kappa shape index (κ2) is 5.50. The molecule has 9 nitrogen and oxygen atoms in total. The minimum Gasteiger partial charge on any atom is -0.397 e. The molecule has 1 fully saturated rings. The normalized spacial score (nSPS) is 19.6. The summed E-state index contributed by atoms with van der Waals surface area (Å²) in [5.74, 6) is -1.25. The molecule has 1 aromatic carbocycles. The summed E-state index contributed by atoms with van der Waals surface area (Å²) in [4.78, 5) is 12.8. The summed E-state index contributed by atoms with van der Waals surface area (Å²) in [6, 6.07) is 3.43. The standard InChI is InChI=1S/C11H15N3O6S2/c12-9-2-1-8(22(18,19)20)4-10(9)14-5-7(3-11(14)15)6-21(13,16)17/h1-2,4,7H,3,5-6,12H2,(H2,13,16,17)(H,18,19,20). The summed E-state index contributed by atoms with van der Waals surface area (Å²) < 4.78 is 53.6. The fourth-order valence-corrected chi connectivity index (χ4v) is 3.75. The van der Waals surface area contributed by atoms with Gasteiger partial charge < -0.3 is 10.6 Å². The third kappa shape index (κ3) is 3.74. The van der Waals surface area contributed by atoms with Gasteiger partial charge >= 0.3 is 0 Å². The lowest BCUT2D eigenvalue weighted by molar-refractivity contribution is -0.117. The predicted molar refractivity (Wildman–Crippen MR) is 79.1 cm³/mol. The highest BCUT2D eigenvalue weighted by Gasteiger charge is 2.34. The Hall–Kier alpha value is -1.69. The topological polar surface area (TPSA) is 161 Å². The molecule has 1 aliphatic heterocycles. The first-order chi connectivity index (χ1) is 9.97. The van der Waals surface area contributed by atoms with E-state index in [1.54, 1.807) is 0 Å². The zero-order chi connectivity index (χ0) is 16.7. The van der Waals surface area contributed by atoms with Crippen LogP contribution in [0, 0.1) is 5.92 Å². The third-order valence-electron chi connectivity index (χ3n) is 3.26. The summed E-state index contributed by atoms with van der Waals surface area (Å²) in [5, 5.41) is 4.96. The first kappa shape index (κ1) is 16.7. The third-order valence-corrected chi connectivity index (χ3v) is 5.05. The number of anilines is 2. The number of hydrogen-bond acceptors (Lipinski definition) is 6. The van der Waals surface area contributed by atoms with Gasteiger partial charge in [0.05, 0.1) is 22.0 Å². The van der Waals surface area contributed by atoms with Crippen LogP contribution < -0.4 is 15.8 Å². The highest BCUT2D eigenvalue weighted by atomic mass is 32.2. The van der Waals surface area contributed by atoms with Crippen LogP contribution in [0.5, 0.6) is 0 Å². The molecule has 0 bridgehead atoms. The van der Waals surface area contributed by atoms with Crippen molar-refractivity contribution in [1.82, 2.24) is 0 Å². The maximum atomic E-state index is 12.0. The summed E-state index contributed by atoms with van der Waals surface area (Å²) >= 11 is 0. The molecule has 2 rings (SSSR count). The number of nitrogens with two attached hydrogens (primary N) is 2. The minimum absolute atomic E-state index is 0.0357. The van der Waals surface area contributed by atoms with Crippen LogP contribution in [0.1, 0.15) is 6.42 Å². The van der Waals surface area contributed by atoms with E-state index in [1.165, 1.54) is 11.0 Å². The number of nitrogen functional groups attached to an aromatic ring is 1. The smallest absolute Gasteiger partial charge is 0.294 e. The number of carbonyl (C=O) groups is 1. The van der Waals surface area contributed by atoms with E-state index in [-0.39, 0.29) is 30.1 Å². The van der Waals surface area contributed by atoms with Crippen LogP contribution in [0.4, 0.5) is 11.4 Å². The van der Waals surface area contributed by atoms with Crippen LogP contribution in [0.2, 0.25) is 0 Å². The predicted octanol–water partition coefficient (Wildman–Crippen LogP) is -0.843. The Morgan fingerprint density at radius 1 is 1.27 bits per heavy atom. The molecule has 0 spiro atoms. The quantitative estimate of drug-likeness (QED) is 0.471. The molecular formula is C11H15N3O6S2. The summed E-state index contributed by atoms with van der Waals surface area (Å²) in [6.45, 7) is 0.0500. The Morgan fingerprint density at radius 2 is 1.91 bits per heavy atom. The number of nitrogens with zero attached hydrogens (tertiary/aromatic N) is 1. The number of hydrogen-bond donors (Lipinski definition) is 3. The van der Waals surface area contributed by atoms with E-state index < -0.39 is 36.9 Å². The Labute approximate surface area is 127 Å². The van der Waals surface area contributed by atoms with Crippen LogP contribution in [0.25, 0.3) is 0 Å². The van der Waals surface area contributed by atoms with E-state index in [9.17, 15) is 21.6 Å². The van der Waals surface area contributed by atoms with Gasteiger partial charge in [-0.2, -0.15) is 8.42 Å². The molecular weight excluding hydrogens is 334 g/mol. The van der Waals surface area contributed by atoms with Gasteiger partial charge in [0, 0.05) is 18.9 Å². The number of benzene rings is 1. The van der Waals surface area contributed by atoms with Crippen molar-refractivity contribution in [3.05, 3.63) is 18.2 Å². The second-order valence-electron chi connectivity index (χ2n) is 5.10. The highest BCUT2D eigenvalue weighted by molar-refractivity contribution is 7.89. The number of amides is 1.